The Morgan fingerprint density at radius 3 is 2.71 bits per heavy atom. The molecular weight excluding hydrogens is 285 g/mol. The van der Waals surface area contributed by atoms with Gasteiger partial charge in [-0.25, -0.2) is 9.37 Å². The van der Waals surface area contributed by atoms with Crippen molar-refractivity contribution >= 4 is 11.8 Å². The second kappa shape index (κ2) is 8.20. The molecule has 1 N–H and O–H groups in total. The largest absolute Gasteiger partial charge is 0.338 e. The Balaban J connectivity index is 1.92. The van der Waals surface area contributed by atoms with E-state index in [1.807, 2.05) is 31.6 Å². The lowest BCUT2D eigenvalue weighted by molar-refractivity contribution is 0.532. The van der Waals surface area contributed by atoms with Gasteiger partial charge in [-0.05, 0) is 37.2 Å². The molecule has 2 rings (SSSR count). The monoisotopic (exact) mass is 307 g/mol. The van der Waals surface area contributed by atoms with E-state index in [1.54, 1.807) is 11.8 Å². The number of aryl methyl sites for hydroxylation is 1. The lowest BCUT2D eigenvalue weighted by Gasteiger charge is -2.18. The van der Waals surface area contributed by atoms with Crippen LogP contribution in [0.15, 0.2) is 41.6 Å². The van der Waals surface area contributed by atoms with Crippen LogP contribution < -0.4 is 5.32 Å². The number of imidazole rings is 1. The van der Waals surface area contributed by atoms with Gasteiger partial charge in [0, 0.05) is 42.6 Å². The number of hydrogen-bond acceptors (Lipinski definition) is 3. The van der Waals surface area contributed by atoms with Crippen molar-refractivity contribution in [3.63, 3.8) is 0 Å². The molecule has 2 aromatic rings. The Hall–Kier alpha value is -1.33. The Kier molecular flexibility index (Phi) is 6.26. The number of nitrogens with one attached hydrogen (secondary N) is 1. The standard InChI is InChI=1S/C16H22FN3S/c1-3-8-18-14(11-16-19-9-10-20(16)2)12-21-15-6-4-13(17)5-7-15/h4-7,9-10,14,18H,3,8,11-12H2,1-2H3. The molecular formula is C16H22FN3S. The first-order chi connectivity index (χ1) is 10.2. The molecule has 5 heteroatoms. The lowest BCUT2D eigenvalue weighted by atomic mass is 10.2. The van der Waals surface area contributed by atoms with Crippen molar-refractivity contribution < 1.29 is 4.39 Å². The zero-order chi connectivity index (χ0) is 15.1. The third-order valence-corrected chi connectivity index (χ3v) is 4.47. The number of halogens is 1. The van der Waals surface area contributed by atoms with E-state index in [-0.39, 0.29) is 5.82 Å². The molecule has 0 aliphatic carbocycles. The molecule has 0 fully saturated rings. The van der Waals surface area contributed by atoms with Gasteiger partial charge < -0.3 is 9.88 Å². The minimum atomic E-state index is -0.187. The fourth-order valence-corrected chi connectivity index (χ4v) is 3.04. The van der Waals surface area contributed by atoms with Crippen LogP contribution in [0.5, 0.6) is 0 Å². The summed E-state index contributed by atoms with van der Waals surface area (Å²) in [4.78, 5) is 5.49. The fraction of sp³-hybridized carbons (Fsp3) is 0.438. The van der Waals surface area contributed by atoms with Crippen LogP contribution in [0.25, 0.3) is 0 Å². The van der Waals surface area contributed by atoms with Gasteiger partial charge in [0.15, 0.2) is 0 Å². The fourth-order valence-electron chi connectivity index (χ4n) is 2.08. The minimum absolute atomic E-state index is 0.187. The summed E-state index contributed by atoms with van der Waals surface area (Å²) < 4.78 is 15.0. The topological polar surface area (TPSA) is 29.9 Å². The molecule has 0 radical (unpaired) electrons. The van der Waals surface area contributed by atoms with Crippen LogP contribution in [-0.2, 0) is 13.5 Å². The van der Waals surface area contributed by atoms with E-state index in [2.05, 4.69) is 21.8 Å². The summed E-state index contributed by atoms with van der Waals surface area (Å²) in [5.41, 5.74) is 0. The quantitative estimate of drug-likeness (QED) is 0.759. The first-order valence-electron chi connectivity index (χ1n) is 7.27. The van der Waals surface area contributed by atoms with Gasteiger partial charge in [0.2, 0.25) is 0 Å². The van der Waals surface area contributed by atoms with Crippen LogP contribution in [-0.4, -0.2) is 27.9 Å². The second-order valence-corrected chi connectivity index (χ2v) is 6.17. The molecule has 1 unspecified atom stereocenters. The van der Waals surface area contributed by atoms with E-state index in [9.17, 15) is 4.39 Å². The maximum atomic E-state index is 12.9. The normalized spacial score (nSPS) is 12.5. The van der Waals surface area contributed by atoms with Crippen molar-refractivity contribution in [2.45, 2.75) is 30.7 Å². The van der Waals surface area contributed by atoms with E-state index in [1.165, 1.54) is 12.1 Å². The average molecular weight is 307 g/mol. The minimum Gasteiger partial charge on any atom is -0.338 e. The highest BCUT2D eigenvalue weighted by atomic mass is 32.2. The van der Waals surface area contributed by atoms with Crippen LogP contribution >= 0.6 is 11.8 Å². The predicted octanol–water partition coefficient (Wildman–Crippen LogP) is 3.26. The average Bonchev–Trinajstić information content (AvgIpc) is 2.89. The SMILES string of the molecule is CCCNC(CSc1ccc(F)cc1)Cc1nccn1C. The van der Waals surface area contributed by atoms with Gasteiger partial charge in [0.25, 0.3) is 0 Å². The van der Waals surface area contributed by atoms with Gasteiger partial charge >= 0.3 is 0 Å². The van der Waals surface area contributed by atoms with E-state index in [0.29, 0.717) is 6.04 Å². The second-order valence-electron chi connectivity index (χ2n) is 5.07. The molecule has 0 bridgehead atoms. The number of hydrogen-bond donors (Lipinski definition) is 1. The molecule has 0 saturated carbocycles. The van der Waals surface area contributed by atoms with Gasteiger partial charge in [0.05, 0.1) is 0 Å². The molecule has 21 heavy (non-hydrogen) atoms. The van der Waals surface area contributed by atoms with Crippen molar-refractivity contribution in [2.75, 3.05) is 12.3 Å². The predicted molar refractivity (Wildman–Crippen MR) is 86.1 cm³/mol. The molecule has 0 spiro atoms. The zero-order valence-corrected chi connectivity index (χ0v) is 13.4. The third-order valence-electron chi connectivity index (χ3n) is 3.30. The van der Waals surface area contributed by atoms with Crippen LogP contribution in [0.3, 0.4) is 0 Å². The number of thioether (sulfide) groups is 1. The van der Waals surface area contributed by atoms with Crippen LogP contribution in [0.1, 0.15) is 19.2 Å². The molecule has 0 aliphatic heterocycles. The number of benzene rings is 1. The van der Waals surface area contributed by atoms with Gasteiger partial charge in [-0.2, -0.15) is 0 Å². The molecule has 114 valence electrons. The number of rotatable bonds is 8. The van der Waals surface area contributed by atoms with Crippen molar-refractivity contribution in [1.29, 1.82) is 0 Å². The van der Waals surface area contributed by atoms with E-state index < -0.39 is 0 Å². The smallest absolute Gasteiger partial charge is 0.123 e. The summed E-state index contributed by atoms with van der Waals surface area (Å²) in [6.07, 6.45) is 5.81. The van der Waals surface area contributed by atoms with Gasteiger partial charge in [0.1, 0.15) is 11.6 Å². The Labute approximate surface area is 130 Å². The van der Waals surface area contributed by atoms with E-state index in [0.717, 1.165) is 35.9 Å². The van der Waals surface area contributed by atoms with Crippen LogP contribution in [0.4, 0.5) is 4.39 Å². The van der Waals surface area contributed by atoms with E-state index in [4.69, 9.17) is 0 Å². The molecule has 0 amide bonds. The third kappa shape index (κ3) is 5.17. The van der Waals surface area contributed by atoms with Crippen LogP contribution in [0.2, 0.25) is 0 Å². The van der Waals surface area contributed by atoms with Crippen molar-refractivity contribution in [3.8, 4) is 0 Å². The first kappa shape index (κ1) is 16.0. The Morgan fingerprint density at radius 2 is 2.10 bits per heavy atom. The Morgan fingerprint density at radius 1 is 1.33 bits per heavy atom. The maximum absolute atomic E-state index is 12.9. The zero-order valence-electron chi connectivity index (χ0n) is 12.6. The highest BCUT2D eigenvalue weighted by Crippen LogP contribution is 2.20. The number of nitrogens with zero attached hydrogens (tertiary/aromatic N) is 2. The van der Waals surface area contributed by atoms with Crippen molar-refractivity contribution in [1.82, 2.24) is 14.9 Å². The molecule has 1 heterocycles. The molecule has 1 aromatic heterocycles. The van der Waals surface area contributed by atoms with Gasteiger partial charge in [-0.1, -0.05) is 6.92 Å². The Bertz CT molecular complexity index is 539. The number of aromatic nitrogens is 2. The van der Waals surface area contributed by atoms with Gasteiger partial charge in [-0.15, -0.1) is 11.8 Å². The summed E-state index contributed by atoms with van der Waals surface area (Å²) in [5.74, 6) is 1.84. The van der Waals surface area contributed by atoms with Crippen molar-refractivity contribution in [2.24, 2.45) is 7.05 Å². The maximum Gasteiger partial charge on any atom is 0.123 e. The highest BCUT2D eigenvalue weighted by Gasteiger charge is 2.12. The highest BCUT2D eigenvalue weighted by molar-refractivity contribution is 7.99. The molecule has 1 atom stereocenters. The van der Waals surface area contributed by atoms with Crippen molar-refractivity contribution in [3.05, 3.63) is 48.3 Å². The van der Waals surface area contributed by atoms with E-state index >= 15 is 0 Å². The first-order valence-corrected chi connectivity index (χ1v) is 8.25. The molecule has 3 nitrogen and oxygen atoms in total. The summed E-state index contributed by atoms with van der Waals surface area (Å²) >= 11 is 1.75. The molecule has 1 aromatic carbocycles. The molecule has 0 aliphatic rings. The summed E-state index contributed by atoms with van der Waals surface area (Å²) in [6, 6.07) is 7.04. The summed E-state index contributed by atoms with van der Waals surface area (Å²) in [6.45, 7) is 3.16. The molecule has 0 saturated heterocycles. The lowest BCUT2D eigenvalue weighted by Crippen LogP contribution is -2.34. The summed E-state index contributed by atoms with van der Waals surface area (Å²) in [5, 5.41) is 3.57. The van der Waals surface area contributed by atoms with Gasteiger partial charge in [-0.3, -0.25) is 0 Å². The summed E-state index contributed by atoms with van der Waals surface area (Å²) in [7, 11) is 2.02. The van der Waals surface area contributed by atoms with Crippen LogP contribution in [0, 0.1) is 5.82 Å².